The number of nitrogens with zero attached hydrogens (tertiary/aromatic N) is 5. The van der Waals surface area contributed by atoms with Gasteiger partial charge in [0.1, 0.15) is 17.7 Å². The SMILES string of the molecule is Cc1ncnc(N2CCN(C(=O)OC(C)(C)C)CC2)c1CCC(=O)N(C)c1ccccc1. The number of piperazine rings is 1. The van der Waals surface area contributed by atoms with E-state index in [1.165, 1.54) is 0 Å². The molecular weight excluding hydrogens is 406 g/mol. The van der Waals surface area contributed by atoms with Crippen LogP contribution in [-0.2, 0) is 16.0 Å². The highest BCUT2D eigenvalue weighted by Crippen LogP contribution is 2.24. The molecule has 8 nitrogen and oxygen atoms in total. The zero-order chi connectivity index (χ0) is 23.3. The second kappa shape index (κ2) is 9.97. The summed E-state index contributed by atoms with van der Waals surface area (Å²) in [7, 11) is 1.79. The molecule has 0 N–H and O–H groups in total. The molecule has 0 bridgehead atoms. The Morgan fingerprint density at radius 3 is 2.34 bits per heavy atom. The fourth-order valence-electron chi connectivity index (χ4n) is 3.68. The van der Waals surface area contributed by atoms with Gasteiger partial charge in [0, 0.05) is 56.6 Å². The van der Waals surface area contributed by atoms with Gasteiger partial charge in [-0.25, -0.2) is 14.8 Å². The first-order chi connectivity index (χ1) is 15.2. The monoisotopic (exact) mass is 439 g/mol. The fraction of sp³-hybridized carbons (Fsp3) is 0.500. The van der Waals surface area contributed by atoms with Crippen LogP contribution in [0, 0.1) is 6.92 Å². The Morgan fingerprint density at radius 1 is 1.06 bits per heavy atom. The van der Waals surface area contributed by atoms with Gasteiger partial charge in [0.05, 0.1) is 0 Å². The fourth-order valence-corrected chi connectivity index (χ4v) is 3.68. The molecule has 8 heteroatoms. The zero-order valence-electron chi connectivity index (χ0n) is 19.7. The third kappa shape index (κ3) is 5.96. The number of carbonyl (C=O) groups excluding carboxylic acids is 2. The van der Waals surface area contributed by atoms with Crippen LogP contribution in [0.1, 0.15) is 38.4 Å². The summed E-state index contributed by atoms with van der Waals surface area (Å²) in [5, 5.41) is 0. The number of aromatic nitrogens is 2. The average molecular weight is 440 g/mol. The second-order valence-electron chi connectivity index (χ2n) is 9.00. The molecule has 2 amide bonds. The van der Waals surface area contributed by atoms with Crippen molar-refractivity contribution in [2.24, 2.45) is 0 Å². The van der Waals surface area contributed by atoms with E-state index in [0.717, 1.165) is 22.8 Å². The van der Waals surface area contributed by atoms with Gasteiger partial charge in [-0.15, -0.1) is 0 Å². The number of hydrogen-bond donors (Lipinski definition) is 0. The summed E-state index contributed by atoms with van der Waals surface area (Å²) in [5.41, 5.74) is 2.22. The van der Waals surface area contributed by atoms with Crippen molar-refractivity contribution >= 4 is 23.5 Å². The number of hydrogen-bond acceptors (Lipinski definition) is 6. The topological polar surface area (TPSA) is 78.9 Å². The third-order valence-electron chi connectivity index (χ3n) is 5.48. The second-order valence-corrected chi connectivity index (χ2v) is 9.00. The van der Waals surface area contributed by atoms with Crippen molar-refractivity contribution in [3.63, 3.8) is 0 Å². The van der Waals surface area contributed by atoms with Crippen molar-refractivity contribution in [3.05, 3.63) is 47.9 Å². The molecule has 1 aliphatic heterocycles. The van der Waals surface area contributed by atoms with Crippen molar-refractivity contribution in [1.29, 1.82) is 0 Å². The van der Waals surface area contributed by atoms with Gasteiger partial charge in [0.25, 0.3) is 0 Å². The Balaban J connectivity index is 1.64. The molecule has 0 unspecified atom stereocenters. The Kier molecular flexibility index (Phi) is 7.33. The minimum atomic E-state index is -0.509. The van der Waals surface area contributed by atoms with E-state index in [4.69, 9.17) is 4.74 Å². The van der Waals surface area contributed by atoms with Gasteiger partial charge in [-0.1, -0.05) is 18.2 Å². The van der Waals surface area contributed by atoms with Crippen LogP contribution in [0.3, 0.4) is 0 Å². The van der Waals surface area contributed by atoms with Crippen LogP contribution < -0.4 is 9.80 Å². The number of amides is 2. The molecule has 1 saturated heterocycles. The lowest BCUT2D eigenvalue weighted by Crippen LogP contribution is -2.50. The molecule has 0 saturated carbocycles. The highest BCUT2D eigenvalue weighted by atomic mass is 16.6. The summed E-state index contributed by atoms with van der Waals surface area (Å²) in [6.07, 6.45) is 2.20. The Morgan fingerprint density at radius 2 is 1.72 bits per heavy atom. The summed E-state index contributed by atoms with van der Waals surface area (Å²) >= 11 is 0. The molecule has 2 heterocycles. The van der Waals surface area contributed by atoms with Crippen LogP contribution in [0.4, 0.5) is 16.3 Å². The smallest absolute Gasteiger partial charge is 0.410 e. The Bertz CT molecular complexity index is 934. The molecule has 1 fully saturated rings. The number of carbonyl (C=O) groups is 2. The number of benzene rings is 1. The van der Waals surface area contributed by atoms with Crippen LogP contribution in [0.5, 0.6) is 0 Å². The first-order valence-electron chi connectivity index (χ1n) is 11.0. The van der Waals surface area contributed by atoms with E-state index in [9.17, 15) is 9.59 Å². The summed E-state index contributed by atoms with van der Waals surface area (Å²) in [5.74, 6) is 0.886. The normalized spacial score (nSPS) is 14.3. The first kappa shape index (κ1) is 23.5. The summed E-state index contributed by atoms with van der Waals surface area (Å²) < 4.78 is 5.49. The largest absolute Gasteiger partial charge is 0.444 e. The standard InChI is InChI=1S/C24H33N5O3/c1-18-20(11-12-21(30)27(5)19-9-7-6-8-10-19)22(26-17-25-18)28-13-15-29(16-14-28)23(31)32-24(2,3)4/h6-10,17H,11-16H2,1-5H3. The van der Waals surface area contributed by atoms with E-state index < -0.39 is 5.60 Å². The zero-order valence-corrected chi connectivity index (χ0v) is 19.7. The van der Waals surface area contributed by atoms with E-state index in [2.05, 4.69) is 14.9 Å². The summed E-state index contributed by atoms with van der Waals surface area (Å²) in [4.78, 5) is 39.6. The highest BCUT2D eigenvalue weighted by Gasteiger charge is 2.27. The van der Waals surface area contributed by atoms with Crippen molar-refractivity contribution in [2.45, 2.75) is 46.1 Å². The predicted octanol–water partition coefficient (Wildman–Crippen LogP) is 3.44. The van der Waals surface area contributed by atoms with E-state index >= 15 is 0 Å². The number of ether oxygens (including phenoxy) is 1. The van der Waals surface area contributed by atoms with Crippen LogP contribution in [0.2, 0.25) is 0 Å². The van der Waals surface area contributed by atoms with E-state index in [1.807, 2.05) is 58.0 Å². The van der Waals surface area contributed by atoms with Crippen LogP contribution in [-0.4, -0.2) is 65.7 Å². The lowest BCUT2D eigenvalue weighted by Gasteiger charge is -2.37. The highest BCUT2D eigenvalue weighted by molar-refractivity contribution is 5.92. The average Bonchev–Trinajstić information content (AvgIpc) is 2.77. The molecule has 172 valence electrons. The molecule has 1 aromatic heterocycles. The number of aryl methyl sites for hydroxylation is 1. The summed E-state index contributed by atoms with van der Waals surface area (Å²) in [6, 6.07) is 9.61. The van der Waals surface area contributed by atoms with Crippen LogP contribution in [0.25, 0.3) is 0 Å². The molecule has 0 atom stereocenters. The first-order valence-corrected chi connectivity index (χ1v) is 11.0. The lowest BCUT2D eigenvalue weighted by atomic mass is 10.1. The molecule has 0 radical (unpaired) electrons. The maximum absolute atomic E-state index is 12.8. The minimum Gasteiger partial charge on any atom is -0.444 e. The van der Waals surface area contributed by atoms with Crippen LogP contribution >= 0.6 is 0 Å². The van der Waals surface area contributed by atoms with Gasteiger partial charge in [0.15, 0.2) is 0 Å². The van der Waals surface area contributed by atoms with Gasteiger partial charge in [-0.05, 0) is 46.2 Å². The van der Waals surface area contributed by atoms with E-state index in [1.54, 1.807) is 23.2 Å². The van der Waals surface area contributed by atoms with Crippen molar-refractivity contribution < 1.29 is 14.3 Å². The van der Waals surface area contributed by atoms with E-state index in [-0.39, 0.29) is 12.0 Å². The quantitative estimate of drug-likeness (QED) is 0.710. The van der Waals surface area contributed by atoms with Gasteiger partial charge < -0.3 is 19.4 Å². The summed E-state index contributed by atoms with van der Waals surface area (Å²) in [6.45, 7) is 9.99. The van der Waals surface area contributed by atoms with Crippen molar-refractivity contribution in [1.82, 2.24) is 14.9 Å². The third-order valence-corrected chi connectivity index (χ3v) is 5.48. The molecule has 2 aromatic rings. The molecule has 1 aromatic carbocycles. The number of para-hydroxylation sites is 1. The van der Waals surface area contributed by atoms with Gasteiger partial charge in [-0.3, -0.25) is 4.79 Å². The molecular formula is C24H33N5O3. The maximum Gasteiger partial charge on any atom is 0.410 e. The molecule has 0 aliphatic carbocycles. The Hall–Kier alpha value is -3.16. The predicted molar refractivity (Wildman–Crippen MR) is 125 cm³/mol. The lowest BCUT2D eigenvalue weighted by molar-refractivity contribution is -0.118. The maximum atomic E-state index is 12.8. The minimum absolute atomic E-state index is 0.0418. The van der Waals surface area contributed by atoms with Crippen molar-refractivity contribution in [3.8, 4) is 0 Å². The van der Waals surface area contributed by atoms with Gasteiger partial charge in [-0.2, -0.15) is 0 Å². The van der Waals surface area contributed by atoms with Gasteiger partial charge in [0.2, 0.25) is 5.91 Å². The van der Waals surface area contributed by atoms with Crippen molar-refractivity contribution in [2.75, 3.05) is 43.0 Å². The molecule has 3 rings (SSSR count). The Labute approximate surface area is 190 Å². The number of anilines is 2. The van der Waals surface area contributed by atoms with Crippen LogP contribution in [0.15, 0.2) is 36.7 Å². The molecule has 0 spiro atoms. The van der Waals surface area contributed by atoms with Gasteiger partial charge >= 0.3 is 6.09 Å². The molecule has 1 aliphatic rings. The number of rotatable bonds is 5. The van der Waals surface area contributed by atoms with E-state index in [0.29, 0.717) is 39.0 Å². The molecule has 32 heavy (non-hydrogen) atoms.